The topological polar surface area (TPSA) is 49.5 Å². The molecule has 0 aliphatic heterocycles. The number of nitrogens with zero attached hydrogens (tertiary/aromatic N) is 1. The number of hydrogen-bond acceptors (Lipinski definition) is 3. The van der Waals surface area contributed by atoms with Gasteiger partial charge in [-0.15, -0.1) is 0 Å². The summed E-state index contributed by atoms with van der Waals surface area (Å²) in [6.45, 7) is -0.0551. The molecule has 116 valence electrons. The van der Waals surface area contributed by atoms with Crippen LogP contribution in [0.25, 0.3) is 0 Å². The van der Waals surface area contributed by atoms with Gasteiger partial charge in [-0.1, -0.05) is 48.5 Å². The molecule has 0 saturated heterocycles. The number of para-hydroxylation sites is 2. The SMILES string of the molecule is N[C@H](CO)c1ccc(N(c2ccccc2)c2ccccc2)cc1. The fourth-order valence-corrected chi connectivity index (χ4v) is 2.58. The Bertz CT molecular complexity index is 687. The first-order chi connectivity index (χ1) is 11.3. The zero-order valence-corrected chi connectivity index (χ0v) is 12.8. The van der Waals surface area contributed by atoms with Crippen LogP contribution < -0.4 is 10.6 Å². The number of aliphatic hydroxyl groups excluding tert-OH is 1. The van der Waals surface area contributed by atoms with Crippen LogP contribution in [0.3, 0.4) is 0 Å². The number of aliphatic hydroxyl groups is 1. The standard InChI is InChI=1S/C20H20N2O/c21-20(15-23)16-11-13-19(14-12-16)22(17-7-3-1-4-8-17)18-9-5-2-6-10-18/h1-14,20,23H,15,21H2/t20-/m1/s1. The van der Waals surface area contributed by atoms with E-state index in [0.29, 0.717) is 0 Å². The lowest BCUT2D eigenvalue weighted by molar-refractivity contribution is 0.268. The summed E-state index contributed by atoms with van der Waals surface area (Å²) in [4.78, 5) is 2.19. The van der Waals surface area contributed by atoms with Gasteiger partial charge in [-0.2, -0.15) is 0 Å². The zero-order valence-electron chi connectivity index (χ0n) is 12.8. The second kappa shape index (κ2) is 7.09. The normalized spacial score (nSPS) is 11.9. The second-order valence-electron chi connectivity index (χ2n) is 5.39. The van der Waals surface area contributed by atoms with Crippen LogP contribution in [-0.4, -0.2) is 11.7 Å². The highest BCUT2D eigenvalue weighted by molar-refractivity contribution is 5.76. The van der Waals surface area contributed by atoms with E-state index in [9.17, 15) is 5.11 Å². The van der Waals surface area contributed by atoms with E-state index in [0.717, 1.165) is 22.6 Å². The van der Waals surface area contributed by atoms with Crippen molar-refractivity contribution >= 4 is 17.1 Å². The highest BCUT2D eigenvalue weighted by Gasteiger charge is 2.12. The average molecular weight is 304 g/mol. The van der Waals surface area contributed by atoms with Gasteiger partial charge in [0.2, 0.25) is 0 Å². The lowest BCUT2D eigenvalue weighted by Gasteiger charge is -2.25. The summed E-state index contributed by atoms with van der Waals surface area (Å²) in [6, 6.07) is 28.1. The Morgan fingerprint density at radius 1 is 0.696 bits per heavy atom. The molecule has 0 amide bonds. The Hall–Kier alpha value is -2.62. The molecule has 3 N–H and O–H groups in total. The molecule has 0 fully saturated rings. The van der Waals surface area contributed by atoms with Crippen molar-refractivity contribution in [2.75, 3.05) is 11.5 Å². The van der Waals surface area contributed by atoms with Gasteiger partial charge in [-0.25, -0.2) is 0 Å². The molecule has 0 aliphatic rings. The van der Waals surface area contributed by atoms with Gasteiger partial charge in [0.1, 0.15) is 0 Å². The first-order valence-electron chi connectivity index (χ1n) is 7.66. The van der Waals surface area contributed by atoms with Crippen molar-refractivity contribution in [3.8, 4) is 0 Å². The molecule has 0 saturated carbocycles. The summed E-state index contributed by atoms with van der Waals surface area (Å²) in [5, 5.41) is 9.19. The molecule has 0 unspecified atom stereocenters. The second-order valence-corrected chi connectivity index (χ2v) is 5.39. The smallest absolute Gasteiger partial charge is 0.0624 e. The van der Waals surface area contributed by atoms with Crippen molar-refractivity contribution in [1.82, 2.24) is 0 Å². The van der Waals surface area contributed by atoms with Gasteiger partial charge in [0.15, 0.2) is 0 Å². The van der Waals surface area contributed by atoms with Gasteiger partial charge in [0.05, 0.1) is 12.6 Å². The molecular formula is C20H20N2O. The Labute approximate surface area is 136 Å². The Kier molecular flexibility index (Phi) is 4.71. The van der Waals surface area contributed by atoms with E-state index in [1.165, 1.54) is 0 Å². The maximum absolute atomic E-state index is 9.19. The van der Waals surface area contributed by atoms with Crippen molar-refractivity contribution in [3.05, 3.63) is 90.5 Å². The minimum absolute atomic E-state index is 0.0551. The van der Waals surface area contributed by atoms with Crippen LogP contribution in [0.2, 0.25) is 0 Å². The number of hydrogen-bond donors (Lipinski definition) is 2. The summed E-state index contributed by atoms with van der Waals surface area (Å²) in [6.07, 6.45) is 0. The monoisotopic (exact) mass is 304 g/mol. The fourth-order valence-electron chi connectivity index (χ4n) is 2.58. The summed E-state index contributed by atoms with van der Waals surface area (Å²) < 4.78 is 0. The lowest BCUT2D eigenvalue weighted by atomic mass is 10.1. The van der Waals surface area contributed by atoms with E-state index >= 15 is 0 Å². The third-order valence-corrected chi connectivity index (χ3v) is 3.80. The van der Waals surface area contributed by atoms with Crippen molar-refractivity contribution in [2.45, 2.75) is 6.04 Å². The largest absolute Gasteiger partial charge is 0.394 e. The molecule has 23 heavy (non-hydrogen) atoms. The Balaban J connectivity index is 2.02. The van der Waals surface area contributed by atoms with Crippen molar-refractivity contribution in [3.63, 3.8) is 0 Å². The molecule has 0 bridgehead atoms. The summed E-state index contributed by atoms with van der Waals surface area (Å²) >= 11 is 0. The van der Waals surface area contributed by atoms with Gasteiger partial charge in [-0.3, -0.25) is 0 Å². The molecule has 0 aliphatic carbocycles. The van der Waals surface area contributed by atoms with Gasteiger partial charge >= 0.3 is 0 Å². The minimum atomic E-state index is -0.342. The van der Waals surface area contributed by atoms with Gasteiger partial charge < -0.3 is 15.7 Å². The Morgan fingerprint density at radius 2 is 1.13 bits per heavy atom. The van der Waals surface area contributed by atoms with Crippen LogP contribution in [0.5, 0.6) is 0 Å². The van der Waals surface area contributed by atoms with Gasteiger partial charge in [0, 0.05) is 17.1 Å². The van der Waals surface area contributed by atoms with Crippen LogP contribution >= 0.6 is 0 Å². The Morgan fingerprint density at radius 3 is 1.57 bits per heavy atom. The highest BCUT2D eigenvalue weighted by atomic mass is 16.3. The summed E-state index contributed by atoms with van der Waals surface area (Å²) in [5.41, 5.74) is 10.0. The molecule has 0 aromatic heterocycles. The van der Waals surface area contributed by atoms with Gasteiger partial charge in [-0.05, 0) is 42.0 Å². The van der Waals surface area contributed by atoms with E-state index < -0.39 is 0 Å². The molecular weight excluding hydrogens is 284 g/mol. The van der Waals surface area contributed by atoms with E-state index in [1.54, 1.807) is 0 Å². The third kappa shape index (κ3) is 3.42. The van der Waals surface area contributed by atoms with Crippen LogP contribution in [0.15, 0.2) is 84.9 Å². The molecule has 3 aromatic carbocycles. The van der Waals surface area contributed by atoms with Crippen LogP contribution in [-0.2, 0) is 0 Å². The van der Waals surface area contributed by atoms with Crippen molar-refractivity contribution < 1.29 is 5.11 Å². The van der Waals surface area contributed by atoms with E-state index in [4.69, 9.17) is 5.73 Å². The zero-order chi connectivity index (χ0) is 16.1. The van der Waals surface area contributed by atoms with E-state index in [2.05, 4.69) is 29.2 Å². The summed E-state index contributed by atoms with van der Waals surface area (Å²) in [7, 11) is 0. The lowest BCUT2D eigenvalue weighted by Crippen LogP contribution is -2.15. The van der Waals surface area contributed by atoms with Crippen LogP contribution in [0.4, 0.5) is 17.1 Å². The molecule has 1 atom stereocenters. The molecule has 3 aromatic rings. The predicted octanol–water partition coefficient (Wildman–Crippen LogP) is 4.15. The minimum Gasteiger partial charge on any atom is -0.394 e. The van der Waals surface area contributed by atoms with Crippen LogP contribution in [0, 0.1) is 0 Å². The summed E-state index contributed by atoms with van der Waals surface area (Å²) in [5.74, 6) is 0. The third-order valence-electron chi connectivity index (χ3n) is 3.80. The molecule has 0 heterocycles. The maximum Gasteiger partial charge on any atom is 0.0624 e. The number of nitrogens with two attached hydrogens (primary N) is 1. The molecule has 0 radical (unpaired) electrons. The van der Waals surface area contributed by atoms with Crippen molar-refractivity contribution in [2.24, 2.45) is 5.73 Å². The quantitative estimate of drug-likeness (QED) is 0.744. The van der Waals surface area contributed by atoms with E-state index in [1.807, 2.05) is 60.7 Å². The number of benzene rings is 3. The molecule has 3 rings (SSSR count). The average Bonchev–Trinajstić information content (AvgIpc) is 2.64. The number of anilines is 3. The molecule has 3 nitrogen and oxygen atoms in total. The predicted molar refractivity (Wildman–Crippen MR) is 95.1 cm³/mol. The fraction of sp³-hybridized carbons (Fsp3) is 0.100. The van der Waals surface area contributed by atoms with Gasteiger partial charge in [0.25, 0.3) is 0 Å². The van der Waals surface area contributed by atoms with Crippen LogP contribution in [0.1, 0.15) is 11.6 Å². The molecule has 3 heteroatoms. The van der Waals surface area contributed by atoms with E-state index in [-0.39, 0.29) is 12.6 Å². The maximum atomic E-state index is 9.19. The number of rotatable bonds is 5. The van der Waals surface area contributed by atoms with Crippen molar-refractivity contribution in [1.29, 1.82) is 0 Å². The first kappa shape index (κ1) is 15.3. The molecule has 0 spiro atoms. The first-order valence-corrected chi connectivity index (χ1v) is 7.66. The highest BCUT2D eigenvalue weighted by Crippen LogP contribution is 2.34.